The van der Waals surface area contributed by atoms with Gasteiger partial charge in [-0.15, -0.1) is 0 Å². The molecular weight excluding hydrogens is 270 g/mol. The van der Waals surface area contributed by atoms with Crippen LogP contribution in [0, 0.1) is 23.0 Å². The van der Waals surface area contributed by atoms with Gasteiger partial charge in [0.05, 0.1) is 10.5 Å². The average molecular weight is 291 g/mol. The highest BCUT2D eigenvalue weighted by Gasteiger charge is 2.38. The van der Waals surface area contributed by atoms with Gasteiger partial charge >= 0.3 is 0 Å². The fourth-order valence-corrected chi connectivity index (χ4v) is 2.99. The van der Waals surface area contributed by atoms with E-state index in [1.54, 1.807) is 19.1 Å². The van der Waals surface area contributed by atoms with Crippen molar-refractivity contribution in [2.75, 3.05) is 5.32 Å². The zero-order valence-corrected chi connectivity index (χ0v) is 12.4. The summed E-state index contributed by atoms with van der Waals surface area (Å²) in [6.45, 7) is 3.75. The number of benzene rings is 1. The maximum absolute atomic E-state index is 12.4. The summed E-state index contributed by atoms with van der Waals surface area (Å²) in [5, 5.41) is 13.6. The number of nitrogens with one attached hydrogen (secondary N) is 1. The first kappa shape index (κ1) is 15.4. The van der Waals surface area contributed by atoms with Crippen molar-refractivity contribution in [1.82, 2.24) is 0 Å². The van der Waals surface area contributed by atoms with E-state index >= 15 is 0 Å². The molecule has 1 aromatic rings. The fourth-order valence-electron chi connectivity index (χ4n) is 2.99. The first-order valence-electron chi connectivity index (χ1n) is 7.17. The Balaban J connectivity index is 2.12. The van der Waals surface area contributed by atoms with Crippen LogP contribution in [-0.2, 0) is 4.79 Å². The number of carbonyl (C=O) groups is 1. The van der Waals surface area contributed by atoms with Crippen molar-refractivity contribution >= 4 is 17.3 Å². The third-order valence-electron chi connectivity index (χ3n) is 4.14. The van der Waals surface area contributed by atoms with Gasteiger partial charge in [-0.05, 0) is 37.8 Å². The van der Waals surface area contributed by atoms with Crippen molar-refractivity contribution in [1.29, 1.82) is 0 Å². The number of carbonyl (C=O) groups excluding carboxylic acids is 1. The van der Waals surface area contributed by atoms with E-state index in [1.165, 1.54) is 6.07 Å². The van der Waals surface area contributed by atoms with Crippen molar-refractivity contribution < 1.29 is 9.72 Å². The van der Waals surface area contributed by atoms with Crippen LogP contribution < -0.4 is 11.1 Å². The molecule has 0 spiro atoms. The summed E-state index contributed by atoms with van der Waals surface area (Å²) in [4.78, 5) is 22.7. The van der Waals surface area contributed by atoms with Gasteiger partial charge in [0.15, 0.2) is 0 Å². The molecule has 21 heavy (non-hydrogen) atoms. The second kappa shape index (κ2) is 5.81. The van der Waals surface area contributed by atoms with Crippen LogP contribution in [0.3, 0.4) is 0 Å². The molecule has 114 valence electrons. The van der Waals surface area contributed by atoms with E-state index < -0.39 is 10.5 Å². The van der Waals surface area contributed by atoms with E-state index in [1.807, 2.05) is 0 Å². The maximum Gasteiger partial charge on any atom is 0.272 e. The molecule has 1 saturated carbocycles. The van der Waals surface area contributed by atoms with Crippen LogP contribution in [-0.4, -0.2) is 16.4 Å². The molecule has 1 amide bonds. The molecule has 3 N–H and O–H groups in total. The quantitative estimate of drug-likeness (QED) is 0.660. The Morgan fingerprint density at radius 1 is 1.52 bits per heavy atom. The van der Waals surface area contributed by atoms with Crippen molar-refractivity contribution in [3.63, 3.8) is 0 Å². The number of rotatable bonds is 3. The lowest BCUT2D eigenvalue weighted by molar-refractivity contribution is -0.385. The largest absolute Gasteiger partial charge is 0.324 e. The van der Waals surface area contributed by atoms with E-state index in [4.69, 9.17) is 5.73 Å². The SMILES string of the molecule is Cc1cc(NC(=O)C2(N)CCCC(C)C2)ccc1[N+](=O)[O-]. The molecule has 1 aliphatic rings. The number of anilines is 1. The lowest BCUT2D eigenvalue weighted by atomic mass is 9.76. The molecule has 2 atom stereocenters. The van der Waals surface area contributed by atoms with Crippen LogP contribution in [0.25, 0.3) is 0 Å². The van der Waals surface area contributed by atoms with Gasteiger partial charge in [-0.3, -0.25) is 14.9 Å². The Hall–Kier alpha value is -1.95. The number of nitro groups is 1. The normalized spacial score (nSPS) is 25.4. The Bertz CT molecular complexity index is 573. The molecule has 1 aromatic carbocycles. The average Bonchev–Trinajstić information content (AvgIpc) is 2.37. The van der Waals surface area contributed by atoms with Crippen LogP contribution in [0.1, 0.15) is 38.2 Å². The summed E-state index contributed by atoms with van der Waals surface area (Å²) in [6, 6.07) is 4.54. The number of hydrogen-bond acceptors (Lipinski definition) is 4. The minimum Gasteiger partial charge on any atom is -0.324 e. The molecule has 0 saturated heterocycles. The third-order valence-corrected chi connectivity index (χ3v) is 4.14. The Morgan fingerprint density at radius 2 is 2.24 bits per heavy atom. The molecule has 6 heteroatoms. The summed E-state index contributed by atoms with van der Waals surface area (Å²) in [7, 11) is 0. The van der Waals surface area contributed by atoms with Gasteiger partial charge < -0.3 is 11.1 Å². The zero-order chi connectivity index (χ0) is 15.6. The maximum atomic E-state index is 12.4. The first-order chi connectivity index (χ1) is 9.82. The van der Waals surface area contributed by atoms with Gasteiger partial charge in [-0.2, -0.15) is 0 Å². The van der Waals surface area contributed by atoms with Gasteiger partial charge in [-0.1, -0.05) is 19.8 Å². The number of nitrogens with two attached hydrogens (primary N) is 1. The lowest BCUT2D eigenvalue weighted by Crippen LogP contribution is -2.53. The monoisotopic (exact) mass is 291 g/mol. The van der Waals surface area contributed by atoms with E-state index in [9.17, 15) is 14.9 Å². The molecule has 6 nitrogen and oxygen atoms in total. The molecule has 0 heterocycles. The molecular formula is C15H21N3O3. The predicted octanol–water partition coefficient (Wildman–Crippen LogP) is 2.75. The second-order valence-electron chi connectivity index (χ2n) is 6.07. The topological polar surface area (TPSA) is 98.3 Å². The Kier molecular flexibility index (Phi) is 4.27. The number of hydrogen-bond donors (Lipinski definition) is 2. The Morgan fingerprint density at radius 3 is 2.81 bits per heavy atom. The first-order valence-corrected chi connectivity index (χ1v) is 7.17. The van der Waals surface area contributed by atoms with Crippen molar-refractivity contribution in [2.24, 2.45) is 11.7 Å². The predicted molar refractivity (Wildman–Crippen MR) is 81.0 cm³/mol. The van der Waals surface area contributed by atoms with E-state index in [0.717, 1.165) is 12.8 Å². The van der Waals surface area contributed by atoms with Gasteiger partial charge in [0.25, 0.3) is 5.69 Å². The third kappa shape index (κ3) is 3.39. The molecule has 0 aromatic heterocycles. The minimum absolute atomic E-state index is 0.0433. The fraction of sp³-hybridized carbons (Fsp3) is 0.533. The van der Waals surface area contributed by atoms with Crippen molar-refractivity contribution in [3.8, 4) is 0 Å². The van der Waals surface area contributed by atoms with Crippen LogP contribution >= 0.6 is 0 Å². The number of amides is 1. The molecule has 2 unspecified atom stereocenters. The van der Waals surface area contributed by atoms with E-state index in [2.05, 4.69) is 12.2 Å². The molecule has 2 rings (SSSR count). The Labute approximate surface area is 123 Å². The van der Waals surface area contributed by atoms with Crippen LogP contribution in [0.2, 0.25) is 0 Å². The minimum atomic E-state index is -0.840. The van der Waals surface area contributed by atoms with E-state index in [0.29, 0.717) is 30.0 Å². The summed E-state index contributed by atoms with van der Waals surface area (Å²) >= 11 is 0. The summed E-state index contributed by atoms with van der Waals surface area (Å²) in [5.74, 6) is 0.232. The second-order valence-corrected chi connectivity index (χ2v) is 6.07. The van der Waals surface area contributed by atoms with Gasteiger partial charge in [0, 0.05) is 17.3 Å². The zero-order valence-electron chi connectivity index (χ0n) is 12.4. The lowest BCUT2D eigenvalue weighted by Gasteiger charge is -2.35. The molecule has 1 aliphatic carbocycles. The standard InChI is InChI=1S/C15H21N3O3/c1-10-4-3-7-15(16,9-10)14(19)17-12-5-6-13(18(20)21)11(2)8-12/h5-6,8,10H,3-4,7,9,16H2,1-2H3,(H,17,19). The highest BCUT2D eigenvalue weighted by molar-refractivity contribution is 5.98. The van der Waals surface area contributed by atoms with Crippen molar-refractivity contribution in [2.45, 2.75) is 45.1 Å². The summed E-state index contributed by atoms with van der Waals surface area (Å²) in [6.07, 6.45) is 3.40. The highest BCUT2D eigenvalue weighted by Crippen LogP contribution is 2.31. The molecule has 0 bridgehead atoms. The molecule has 0 aliphatic heterocycles. The smallest absolute Gasteiger partial charge is 0.272 e. The van der Waals surface area contributed by atoms with Crippen LogP contribution in [0.5, 0.6) is 0 Å². The number of nitrogens with zero attached hydrogens (tertiary/aromatic N) is 1. The van der Waals surface area contributed by atoms with Gasteiger partial charge in [-0.25, -0.2) is 0 Å². The number of nitro benzene ring substituents is 1. The van der Waals surface area contributed by atoms with Gasteiger partial charge in [0.2, 0.25) is 5.91 Å². The number of aryl methyl sites for hydroxylation is 1. The van der Waals surface area contributed by atoms with Crippen LogP contribution in [0.4, 0.5) is 11.4 Å². The molecule has 0 radical (unpaired) electrons. The van der Waals surface area contributed by atoms with Crippen molar-refractivity contribution in [3.05, 3.63) is 33.9 Å². The van der Waals surface area contributed by atoms with Gasteiger partial charge in [0.1, 0.15) is 0 Å². The highest BCUT2D eigenvalue weighted by atomic mass is 16.6. The summed E-state index contributed by atoms with van der Waals surface area (Å²) < 4.78 is 0. The summed E-state index contributed by atoms with van der Waals surface area (Å²) in [5.41, 5.74) is 6.50. The van der Waals surface area contributed by atoms with E-state index in [-0.39, 0.29) is 11.6 Å². The molecule has 1 fully saturated rings. The van der Waals surface area contributed by atoms with Crippen LogP contribution in [0.15, 0.2) is 18.2 Å².